The topological polar surface area (TPSA) is 64.6 Å². The van der Waals surface area contributed by atoms with Crippen molar-refractivity contribution >= 4 is 12.1 Å². The maximum atomic E-state index is 11.9. The minimum Gasteiger partial charge on any atom is -0.464 e. The molecule has 0 aromatic rings. The highest BCUT2D eigenvalue weighted by Gasteiger charge is 2.21. The van der Waals surface area contributed by atoms with Crippen LogP contribution in [0, 0.1) is 0 Å². The van der Waals surface area contributed by atoms with Crippen LogP contribution < -0.4 is 5.32 Å². The molecule has 0 heterocycles. The Morgan fingerprint density at radius 2 is 1.57 bits per heavy atom. The molecule has 0 bridgehead atoms. The minimum absolute atomic E-state index is 0.330. The molecule has 0 saturated heterocycles. The first kappa shape index (κ1) is 21.5. The summed E-state index contributed by atoms with van der Waals surface area (Å²) in [7, 11) is 0. The molecule has 1 unspecified atom stereocenters. The van der Waals surface area contributed by atoms with Gasteiger partial charge < -0.3 is 14.8 Å². The zero-order valence-corrected chi connectivity index (χ0v) is 14.8. The van der Waals surface area contributed by atoms with E-state index in [1.807, 2.05) is 6.92 Å². The lowest BCUT2D eigenvalue weighted by Crippen LogP contribution is -2.42. The summed E-state index contributed by atoms with van der Waals surface area (Å²) in [5.74, 6) is -0.435. The van der Waals surface area contributed by atoms with Gasteiger partial charge in [-0.2, -0.15) is 0 Å². The highest BCUT2D eigenvalue weighted by Crippen LogP contribution is 2.05. The van der Waals surface area contributed by atoms with E-state index in [4.69, 9.17) is 9.47 Å². The Hall–Kier alpha value is -1.52. The Balaban J connectivity index is 3.91. The summed E-state index contributed by atoms with van der Waals surface area (Å²) in [6.07, 6.45) is 9.89. The van der Waals surface area contributed by atoms with Crippen molar-refractivity contribution in [2.75, 3.05) is 13.2 Å². The first-order valence-corrected chi connectivity index (χ1v) is 8.86. The SMILES string of the molecule is C=CCC(NC(=O)OCCCCCCCC)C(=O)OCCCC. The smallest absolute Gasteiger partial charge is 0.407 e. The second kappa shape index (κ2) is 15.4. The van der Waals surface area contributed by atoms with Crippen LogP contribution in [0.2, 0.25) is 0 Å². The molecule has 0 fully saturated rings. The molecule has 134 valence electrons. The molecule has 23 heavy (non-hydrogen) atoms. The van der Waals surface area contributed by atoms with Crippen molar-refractivity contribution in [1.82, 2.24) is 5.32 Å². The first-order chi connectivity index (χ1) is 11.2. The highest BCUT2D eigenvalue weighted by molar-refractivity contribution is 5.81. The van der Waals surface area contributed by atoms with Crippen LogP contribution in [0.25, 0.3) is 0 Å². The average molecular weight is 327 g/mol. The summed E-state index contributed by atoms with van der Waals surface area (Å²) in [5, 5.41) is 2.55. The van der Waals surface area contributed by atoms with Crippen LogP contribution in [0.15, 0.2) is 12.7 Å². The van der Waals surface area contributed by atoms with Crippen molar-refractivity contribution in [1.29, 1.82) is 0 Å². The van der Waals surface area contributed by atoms with Crippen LogP contribution in [0.3, 0.4) is 0 Å². The number of hydrogen-bond acceptors (Lipinski definition) is 4. The second-order valence-electron chi connectivity index (χ2n) is 5.65. The summed E-state index contributed by atoms with van der Waals surface area (Å²) < 4.78 is 10.2. The summed E-state index contributed by atoms with van der Waals surface area (Å²) in [6, 6.07) is -0.721. The molecule has 5 heteroatoms. The van der Waals surface area contributed by atoms with E-state index in [1.165, 1.54) is 25.7 Å². The third-order valence-corrected chi connectivity index (χ3v) is 3.45. The number of esters is 1. The van der Waals surface area contributed by atoms with E-state index in [1.54, 1.807) is 6.08 Å². The number of carbonyl (C=O) groups excluding carboxylic acids is 2. The van der Waals surface area contributed by atoms with Crippen molar-refractivity contribution in [3.05, 3.63) is 12.7 Å². The second-order valence-corrected chi connectivity index (χ2v) is 5.65. The van der Waals surface area contributed by atoms with Crippen LogP contribution in [0.5, 0.6) is 0 Å². The molecule has 1 amide bonds. The normalized spacial score (nSPS) is 11.6. The number of ether oxygens (including phenoxy) is 2. The Kier molecular flexibility index (Phi) is 14.4. The van der Waals surface area contributed by atoms with Crippen LogP contribution in [-0.4, -0.2) is 31.3 Å². The lowest BCUT2D eigenvalue weighted by Gasteiger charge is -2.16. The lowest BCUT2D eigenvalue weighted by molar-refractivity contribution is -0.146. The number of rotatable bonds is 14. The van der Waals surface area contributed by atoms with Gasteiger partial charge in [0.1, 0.15) is 6.04 Å². The van der Waals surface area contributed by atoms with Crippen molar-refractivity contribution in [2.24, 2.45) is 0 Å². The van der Waals surface area contributed by atoms with E-state index in [-0.39, 0.29) is 0 Å². The summed E-state index contributed by atoms with van der Waals surface area (Å²) in [4.78, 5) is 23.6. The number of alkyl carbamates (subject to hydrolysis) is 1. The van der Waals surface area contributed by atoms with Gasteiger partial charge in [0.2, 0.25) is 0 Å². The van der Waals surface area contributed by atoms with Gasteiger partial charge in [-0.3, -0.25) is 0 Å². The first-order valence-electron chi connectivity index (χ1n) is 8.86. The van der Waals surface area contributed by atoms with Gasteiger partial charge in [0.05, 0.1) is 13.2 Å². The number of carbonyl (C=O) groups is 2. The Labute approximate surface area is 140 Å². The van der Waals surface area contributed by atoms with E-state index >= 15 is 0 Å². The lowest BCUT2D eigenvalue weighted by atomic mass is 10.1. The van der Waals surface area contributed by atoms with Gasteiger partial charge in [-0.1, -0.05) is 58.4 Å². The third kappa shape index (κ3) is 12.7. The summed E-state index contributed by atoms with van der Waals surface area (Å²) in [6.45, 7) is 8.55. The van der Waals surface area contributed by atoms with Crippen molar-refractivity contribution in [2.45, 2.75) is 77.7 Å². The van der Waals surface area contributed by atoms with Crippen LogP contribution >= 0.6 is 0 Å². The minimum atomic E-state index is -0.721. The molecule has 0 spiro atoms. The van der Waals surface area contributed by atoms with E-state index in [9.17, 15) is 9.59 Å². The number of nitrogens with one attached hydrogen (secondary N) is 1. The van der Waals surface area contributed by atoms with Gasteiger partial charge in [0, 0.05) is 0 Å². The molecule has 0 aromatic heterocycles. The van der Waals surface area contributed by atoms with E-state index in [2.05, 4.69) is 18.8 Å². The number of hydrogen-bond donors (Lipinski definition) is 1. The predicted molar refractivity (Wildman–Crippen MR) is 92.3 cm³/mol. The van der Waals surface area contributed by atoms with Gasteiger partial charge >= 0.3 is 12.1 Å². The molecular weight excluding hydrogens is 294 g/mol. The van der Waals surface area contributed by atoms with Gasteiger partial charge in [0.15, 0.2) is 0 Å². The Morgan fingerprint density at radius 3 is 2.22 bits per heavy atom. The molecule has 5 nitrogen and oxygen atoms in total. The summed E-state index contributed by atoms with van der Waals surface area (Å²) >= 11 is 0. The average Bonchev–Trinajstić information content (AvgIpc) is 2.53. The largest absolute Gasteiger partial charge is 0.464 e. The maximum Gasteiger partial charge on any atom is 0.407 e. The van der Waals surface area contributed by atoms with Gasteiger partial charge in [0.25, 0.3) is 0 Å². The molecule has 1 atom stereocenters. The zero-order valence-electron chi connectivity index (χ0n) is 14.8. The molecule has 0 aliphatic heterocycles. The van der Waals surface area contributed by atoms with Crippen molar-refractivity contribution in [3.8, 4) is 0 Å². The van der Waals surface area contributed by atoms with Gasteiger partial charge in [-0.25, -0.2) is 9.59 Å². The van der Waals surface area contributed by atoms with Crippen molar-refractivity contribution in [3.63, 3.8) is 0 Å². The Morgan fingerprint density at radius 1 is 0.957 bits per heavy atom. The fourth-order valence-corrected chi connectivity index (χ4v) is 2.03. The zero-order chi connectivity index (χ0) is 17.3. The van der Waals surface area contributed by atoms with Gasteiger partial charge in [-0.05, 0) is 19.3 Å². The highest BCUT2D eigenvalue weighted by atomic mass is 16.6. The number of unbranched alkanes of at least 4 members (excludes halogenated alkanes) is 6. The fourth-order valence-electron chi connectivity index (χ4n) is 2.03. The summed E-state index contributed by atoms with van der Waals surface area (Å²) in [5.41, 5.74) is 0. The van der Waals surface area contributed by atoms with E-state index < -0.39 is 18.1 Å². The third-order valence-electron chi connectivity index (χ3n) is 3.45. The predicted octanol–water partition coefficient (Wildman–Crippen LogP) is 4.36. The standard InChI is InChI=1S/C18H33NO4/c1-4-7-9-10-11-12-15-23-18(21)19-16(13-6-3)17(20)22-14-8-5-2/h6,16H,3-5,7-15H2,1-2H3,(H,19,21). The van der Waals surface area contributed by atoms with Gasteiger partial charge in [-0.15, -0.1) is 6.58 Å². The number of amides is 1. The fraction of sp³-hybridized carbons (Fsp3) is 0.778. The van der Waals surface area contributed by atoms with Crippen molar-refractivity contribution < 1.29 is 19.1 Å². The maximum absolute atomic E-state index is 11.9. The molecule has 0 saturated carbocycles. The quantitative estimate of drug-likeness (QED) is 0.292. The molecule has 0 radical (unpaired) electrons. The molecule has 0 aliphatic rings. The van der Waals surface area contributed by atoms with Crippen LogP contribution in [0.4, 0.5) is 4.79 Å². The molecular formula is C18H33NO4. The molecule has 0 aliphatic carbocycles. The monoisotopic (exact) mass is 327 g/mol. The van der Waals surface area contributed by atoms with Crippen LogP contribution in [0.1, 0.15) is 71.6 Å². The van der Waals surface area contributed by atoms with E-state index in [0.717, 1.165) is 25.7 Å². The van der Waals surface area contributed by atoms with E-state index in [0.29, 0.717) is 19.6 Å². The molecule has 1 N–H and O–H groups in total. The molecule has 0 rings (SSSR count). The molecule has 0 aromatic carbocycles. The van der Waals surface area contributed by atoms with Crippen LogP contribution in [-0.2, 0) is 14.3 Å². The Bertz CT molecular complexity index is 331.